The Morgan fingerprint density at radius 3 is 2.35 bits per heavy atom. The molecule has 1 atom stereocenters. The summed E-state index contributed by atoms with van der Waals surface area (Å²) in [5.74, 6) is 0.628. The molecule has 0 aliphatic rings. The molecule has 1 unspecified atom stereocenters. The minimum absolute atomic E-state index is 0.178. The first-order chi connectivity index (χ1) is 9.40. The van der Waals surface area contributed by atoms with Crippen molar-refractivity contribution in [3.63, 3.8) is 0 Å². The van der Waals surface area contributed by atoms with Crippen LogP contribution in [0.2, 0.25) is 0 Å². The molecular formula is C18H31NO. The molecule has 0 amide bonds. The van der Waals surface area contributed by atoms with E-state index in [2.05, 4.69) is 64.2 Å². The van der Waals surface area contributed by atoms with Gasteiger partial charge in [0.05, 0.1) is 0 Å². The van der Waals surface area contributed by atoms with E-state index in [0.29, 0.717) is 5.92 Å². The van der Waals surface area contributed by atoms with Gasteiger partial charge in [-0.3, -0.25) is 0 Å². The van der Waals surface area contributed by atoms with Gasteiger partial charge in [0.2, 0.25) is 0 Å². The van der Waals surface area contributed by atoms with Crippen LogP contribution in [-0.2, 0) is 11.2 Å². The first kappa shape index (κ1) is 17.2. The predicted octanol–water partition coefficient (Wildman–Crippen LogP) is 3.97. The highest BCUT2D eigenvalue weighted by atomic mass is 16.5. The Balaban J connectivity index is 2.54. The second-order valence-electron chi connectivity index (χ2n) is 6.67. The monoisotopic (exact) mass is 277 g/mol. The maximum absolute atomic E-state index is 5.52. The summed E-state index contributed by atoms with van der Waals surface area (Å²) in [6.45, 7) is 13.6. The summed E-state index contributed by atoms with van der Waals surface area (Å²) in [5, 5.41) is 3.62. The van der Waals surface area contributed by atoms with Crippen LogP contribution in [-0.4, -0.2) is 25.3 Å². The molecule has 0 spiro atoms. The lowest BCUT2D eigenvalue weighted by atomic mass is 9.94. The Labute approximate surface area is 124 Å². The third-order valence-corrected chi connectivity index (χ3v) is 3.44. The quantitative estimate of drug-likeness (QED) is 0.726. The second kappa shape index (κ2) is 8.43. The van der Waals surface area contributed by atoms with Crippen LogP contribution >= 0.6 is 0 Å². The van der Waals surface area contributed by atoms with Crippen molar-refractivity contribution < 1.29 is 4.74 Å². The number of nitrogens with one attached hydrogen (secondary N) is 1. The van der Waals surface area contributed by atoms with Gasteiger partial charge in [-0.1, -0.05) is 29.8 Å². The van der Waals surface area contributed by atoms with Gasteiger partial charge < -0.3 is 10.1 Å². The summed E-state index contributed by atoms with van der Waals surface area (Å²) in [7, 11) is 0. The van der Waals surface area contributed by atoms with E-state index < -0.39 is 0 Å². The fourth-order valence-electron chi connectivity index (χ4n) is 2.18. The highest BCUT2D eigenvalue weighted by Crippen LogP contribution is 2.14. The van der Waals surface area contributed by atoms with Gasteiger partial charge in [0, 0.05) is 18.8 Å². The summed E-state index contributed by atoms with van der Waals surface area (Å²) >= 11 is 0. The van der Waals surface area contributed by atoms with Crippen molar-refractivity contribution in [1.82, 2.24) is 5.32 Å². The maximum atomic E-state index is 5.52. The van der Waals surface area contributed by atoms with Gasteiger partial charge in [0.25, 0.3) is 0 Å². The molecule has 2 nitrogen and oxygen atoms in total. The van der Waals surface area contributed by atoms with Crippen LogP contribution in [0.25, 0.3) is 0 Å². The molecule has 1 aromatic carbocycles. The first-order valence-corrected chi connectivity index (χ1v) is 7.79. The van der Waals surface area contributed by atoms with Crippen LogP contribution in [0.4, 0.5) is 0 Å². The highest BCUT2D eigenvalue weighted by Gasteiger charge is 2.14. The fourth-order valence-corrected chi connectivity index (χ4v) is 2.18. The smallest absolute Gasteiger partial charge is 0.0469 e. The zero-order valence-electron chi connectivity index (χ0n) is 13.8. The van der Waals surface area contributed by atoms with Crippen LogP contribution in [0.15, 0.2) is 24.3 Å². The van der Waals surface area contributed by atoms with Crippen molar-refractivity contribution >= 4 is 0 Å². The zero-order valence-corrected chi connectivity index (χ0v) is 13.8. The molecule has 20 heavy (non-hydrogen) atoms. The van der Waals surface area contributed by atoms with Gasteiger partial charge in [0.1, 0.15) is 0 Å². The summed E-state index contributed by atoms with van der Waals surface area (Å²) in [4.78, 5) is 0. The average molecular weight is 277 g/mol. The molecule has 0 aliphatic carbocycles. The maximum Gasteiger partial charge on any atom is 0.0469 e. The van der Waals surface area contributed by atoms with Crippen LogP contribution in [0.3, 0.4) is 0 Å². The molecule has 114 valence electrons. The van der Waals surface area contributed by atoms with Crippen LogP contribution in [0.1, 0.15) is 45.2 Å². The van der Waals surface area contributed by atoms with E-state index in [4.69, 9.17) is 4.74 Å². The fraction of sp³-hybridized carbons (Fsp3) is 0.667. The van der Waals surface area contributed by atoms with Gasteiger partial charge >= 0.3 is 0 Å². The van der Waals surface area contributed by atoms with E-state index in [1.807, 2.05) is 0 Å². The third-order valence-electron chi connectivity index (χ3n) is 3.44. The largest absolute Gasteiger partial charge is 0.382 e. The molecule has 1 N–H and O–H groups in total. The Kier molecular flexibility index (Phi) is 7.25. The molecule has 2 heteroatoms. The van der Waals surface area contributed by atoms with Gasteiger partial charge in [0.15, 0.2) is 0 Å². The Morgan fingerprint density at radius 1 is 1.15 bits per heavy atom. The molecule has 0 heterocycles. The molecule has 0 radical (unpaired) electrons. The van der Waals surface area contributed by atoms with Gasteiger partial charge in [-0.25, -0.2) is 0 Å². The first-order valence-electron chi connectivity index (χ1n) is 7.79. The molecule has 0 aromatic heterocycles. The summed E-state index contributed by atoms with van der Waals surface area (Å²) in [6, 6.07) is 8.90. The van der Waals surface area contributed by atoms with E-state index >= 15 is 0 Å². The Morgan fingerprint density at radius 2 is 1.80 bits per heavy atom. The number of ether oxygens (including phenoxy) is 1. The molecule has 0 aliphatic heterocycles. The van der Waals surface area contributed by atoms with Crippen LogP contribution < -0.4 is 5.32 Å². The highest BCUT2D eigenvalue weighted by molar-refractivity contribution is 5.21. The zero-order chi connectivity index (χ0) is 15.0. The molecule has 0 saturated heterocycles. The lowest BCUT2D eigenvalue weighted by Gasteiger charge is -2.25. The van der Waals surface area contributed by atoms with Crippen molar-refractivity contribution in [3.8, 4) is 0 Å². The Bertz CT molecular complexity index is 364. The van der Waals surface area contributed by atoms with E-state index in [9.17, 15) is 0 Å². The van der Waals surface area contributed by atoms with E-state index in [1.54, 1.807) is 0 Å². The number of hydrogen-bond donors (Lipinski definition) is 1. The average Bonchev–Trinajstić information content (AvgIpc) is 2.37. The van der Waals surface area contributed by atoms with Crippen molar-refractivity contribution in [3.05, 3.63) is 35.4 Å². The Hall–Kier alpha value is -0.860. The van der Waals surface area contributed by atoms with Gasteiger partial charge in [-0.05, 0) is 65.5 Å². The minimum Gasteiger partial charge on any atom is -0.382 e. The molecule has 1 rings (SSSR count). The third kappa shape index (κ3) is 7.66. The van der Waals surface area contributed by atoms with Crippen molar-refractivity contribution in [2.45, 2.75) is 53.0 Å². The minimum atomic E-state index is 0.178. The number of hydrogen-bond acceptors (Lipinski definition) is 2. The van der Waals surface area contributed by atoms with E-state index in [0.717, 1.165) is 32.6 Å². The predicted molar refractivity (Wildman–Crippen MR) is 87.2 cm³/mol. The van der Waals surface area contributed by atoms with Crippen molar-refractivity contribution in [2.75, 3.05) is 19.8 Å². The van der Waals surface area contributed by atoms with E-state index in [-0.39, 0.29) is 5.54 Å². The van der Waals surface area contributed by atoms with Gasteiger partial charge in [-0.2, -0.15) is 0 Å². The number of rotatable bonds is 8. The molecule has 0 bridgehead atoms. The molecule has 0 fully saturated rings. The SMILES string of the molecule is CCOCCC(CNC(C)(C)C)Cc1ccc(C)cc1. The van der Waals surface area contributed by atoms with Crippen molar-refractivity contribution in [1.29, 1.82) is 0 Å². The summed E-state index contributed by atoms with van der Waals surface area (Å²) in [6.07, 6.45) is 2.24. The molecule has 1 aromatic rings. The normalized spacial score (nSPS) is 13.4. The number of aryl methyl sites for hydroxylation is 1. The van der Waals surface area contributed by atoms with Crippen molar-refractivity contribution in [2.24, 2.45) is 5.92 Å². The van der Waals surface area contributed by atoms with E-state index in [1.165, 1.54) is 11.1 Å². The molecular weight excluding hydrogens is 246 g/mol. The lowest BCUT2D eigenvalue weighted by molar-refractivity contribution is 0.130. The second-order valence-corrected chi connectivity index (χ2v) is 6.67. The van der Waals surface area contributed by atoms with Crippen LogP contribution in [0.5, 0.6) is 0 Å². The number of benzene rings is 1. The van der Waals surface area contributed by atoms with Gasteiger partial charge in [-0.15, -0.1) is 0 Å². The topological polar surface area (TPSA) is 21.3 Å². The lowest BCUT2D eigenvalue weighted by Crippen LogP contribution is -2.39. The van der Waals surface area contributed by atoms with Crippen LogP contribution in [0, 0.1) is 12.8 Å². The molecule has 0 saturated carbocycles. The summed E-state index contributed by atoms with van der Waals surface area (Å²) in [5.41, 5.74) is 2.93. The standard InChI is InChI=1S/C18H31NO/c1-6-20-12-11-17(14-19-18(3,4)5)13-16-9-7-15(2)8-10-16/h7-10,17,19H,6,11-14H2,1-5H3. The summed E-state index contributed by atoms with van der Waals surface area (Å²) < 4.78 is 5.52.